The molecule has 8 heteroatoms. The number of fused-ring (bicyclic) bond motifs is 1. The van der Waals surface area contributed by atoms with Crippen LogP contribution in [0, 0.1) is 5.82 Å². The zero-order chi connectivity index (χ0) is 20.3. The molecule has 1 atom stereocenters. The number of hydrogen-bond donors (Lipinski definition) is 3. The number of nitrogens with one attached hydrogen (secondary N) is 2. The van der Waals surface area contributed by atoms with Crippen LogP contribution in [0.1, 0.15) is 44.2 Å². The molecule has 2 amide bonds. The Labute approximate surface area is 161 Å². The first-order chi connectivity index (χ1) is 13.3. The van der Waals surface area contributed by atoms with Gasteiger partial charge in [0.1, 0.15) is 5.82 Å². The fraction of sp³-hybridized carbons (Fsp3) is 0.450. The van der Waals surface area contributed by atoms with Gasteiger partial charge in [-0.25, -0.2) is 4.39 Å². The maximum absolute atomic E-state index is 13.3. The van der Waals surface area contributed by atoms with E-state index in [2.05, 4.69) is 10.3 Å². The second-order valence-electron chi connectivity index (χ2n) is 7.50. The Hall–Kier alpha value is -2.90. The molecule has 1 aromatic carbocycles. The highest BCUT2D eigenvalue weighted by molar-refractivity contribution is 5.81. The molecule has 1 saturated heterocycles. The average Bonchev–Trinajstić information content (AvgIpc) is 3.20. The fourth-order valence-corrected chi connectivity index (χ4v) is 3.75. The van der Waals surface area contributed by atoms with Gasteiger partial charge in [0.05, 0.1) is 6.54 Å². The van der Waals surface area contributed by atoms with Crippen LogP contribution in [0.5, 0.6) is 0 Å². The zero-order valence-corrected chi connectivity index (χ0v) is 15.8. The van der Waals surface area contributed by atoms with Crippen LogP contribution in [0.3, 0.4) is 0 Å². The normalized spacial score (nSPS) is 19.0. The fourth-order valence-electron chi connectivity index (χ4n) is 3.75. The highest BCUT2D eigenvalue weighted by atomic mass is 19.1. The summed E-state index contributed by atoms with van der Waals surface area (Å²) in [6, 6.07) is 6.29. The lowest BCUT2D eigenvalue weighted by molar-refractivity contribution is -0.137. The number of aromatic amines is 1. The summed E-state index contributed by atoms with van der Waals surface area (Å²) < 4.78 is 13.3. The minimum atomic E-state index is -0.917. The number of hydrogen-bond acceptors (Lipinski definition) is 3. The molecule has 2 heterocycles. The number of carbonyl (C=O) groups is 3. The Kier molecular flexibility index (Phi) is 5.67. The first kappa shape index (κ1) is 19.9. The quantitative estimate of drug-likeness (QED) is 0.646. The number of amides is 2. The van der Waals surface area contributed by atoms with Gasteiger partial charge in [0, 0.05) is 48.4 Å². The van der Waals surface area contributed by atoms with E-state index < -0.39 is 11.5 Å². The number of H-pyrrole nitrogens is 1. The Morgan fingerprint density at radius 3 is 2.68 bits per heavy atom. The first-order valence-electron chi connectivity index (χ1n) is 9.30. The minimum absolute atomic E-state index is 0.0457. The van der Waals surface area contributed by atoms with Crippen molar-refractivity contribution in [1.82, 2.24) is 15.2 Å². The third kappa shape index (κ3) is 4.68. The van der Waals surface area contributed by atoms with Crippen molar-refractivity contribution in [2.75, 3.05) is 7.05 Å². The third-order valence-electron chi connectivity index (χ3n) is 5.34. The number of benzene rings is 1. The number of rotatable bonds is 8. The van der Waals surface area contributed by atoms with Crippen molar-refractivity contribution in [3.8, 4) is 0 Å². The Bertz CT molecular complexity index is 910. The molecule has 7 nitrogen and oxygen atoms in total. The summed E-state index contributed by atoms with van der Waals surface area (Å²) in [5.41, 5.74) is 0.981. The largest absolute Gasteiger partial charge is 0.481 e. The summed E-state index contributed by atoms with van der Waals surface area (Å²) in [7, 11) is 1.69. The average molecular weight is 389 g/mol. The molecule has 0 saturated carbocycles. The molecule has 1 fully saturated rings. The van der Waals surface area contributed by atoms with E-state index in [4.69, 9.17) is 5.11 Å². The molecule has 28 heavy (non-hydrogen) atoms. The third-order valence-corrected chi connectivity index (χ3v) is 5.34. The first-order valence-corrected chi connectivity index (χ1v) is 9.30. The minimum Gasteiger partial charge on any atom is -0.481 e. The van der Waals surface area contributed by atoms with Gasteiger partial charge in [-0.15, -0.1) is 0 Å². The van der Waals surface area contributed by atoms with Gasteiger partial charge in [-0.05, 0) is 43.5 Å². The van der Waals surface area contributed by atoms with E-state index in [1.54, 1.807) is 18.0 Å². The molecule has 3 N–H and O–H groups in total. The number of nitrogens with zero attached hydrogens (tertiary/aromatic N) is 1. The van der Waals surface area contributed by atoms with Crippen molar-refractivity contribution >= 4 is 28.7 Å². The van der Waals surface area contributed by atoms with Crippen molar-refractivity contribution in [3.63, 3.8) is 0 Å². The Morgan fingerprint density at radius 1 is 1.25 bits per heavy atom. The van der Waals surface area contributed by atoms with E-state index in [1.807, 2.05) is 6.07 Å². The van der Waals surface area contributed by atoms with Crippen molar-refractivity contribution < 1.29 is 23.9 Å². The summed E-state index contributed by atoms with van der Waals surface area (Å²) in [6.07, 6.45) is 1.80. The summed E-state index contributed by atoms with van der Waals surface area (Å²) in [5.74, 6) is -1.43. The highest BCUT2D eigenvalue weighted by Gasteiger charge is 2.38. The lowest BCUT2D eigenvalue weighted by Gasteiger charge is -2.29. The van der Waals surface area contributed by atoms with Crippen LogP contribution in [0.4, 0.5) is 4.39 Å². The monoisotopic (exact) mass is 389 g/mol. The van der Waals surface area contributed by atoms with E-state index in [-0.39, 0.29) is 30.5 Å². The lowest BCUT2D eigenvalue weighted by atomic mass is 9.86. The number of aliphatic carboxylic acids is 1. The van der Waals surface area contributed by atoms with Gasteiger partial charge in [-0.2, -0.15) is 0 Å². The van der Waals surface area contributed by atoms with Crippen LogP contribution in [0.2, 0.25) is 0 Å². The highest BCUT2D eigenvalue weighted by Crippen LogP contribution is 2.30. The van der Waals surface area contributed by atoms with Gasteiger partial charge in [0.2, 0.25) is 11.8 Å². The number of carboxylic acid groups (broad SMARTS) is 1. The molecule has 150 valence electrons. The van der Waals surface area contributed by atoms with E-state index in [1.165, 1.54) is 12.1 Å². The number of carbonyl (C=O) groups excluding carboxylic acids is 2. The van der Waals surface area contributed by atoms with Gasteiger partial charge in [-0.3, -0.25) is 14.4 Å². The Morgan fingerprint density at radius 2 is 2.00 bits per heavy atom. The van der Waals surface area contributed by atoms with Gasteiger partial charge in [0.25, 0.3) is 0 Å². The van der Waals surface area contributed by atoms with Gasteiger partial charge in [0.15, 0.2) is 0 Å². The number of carboxylic acids is 1. The smallest absolute Gasteiger partial charge is 0.303 e. The van der Waals surface area contributed by atoms with Crippen LogP contribution >= 0.6 is 0 Å². The summed E-state index contributed by atoms with van der Waals surface area (Å²) in [4.78, 5) is 39.9. The second kappa shape index (κ2) is 8.00. The molecule has 1 aliphatic heterocycles. The molecule has 1 unspecified atom stereocenters. The maximum Gasteiger partial charge on any atom is 0.303 e. The molecule has 0 aliphatic carbocycles. The van der Waals surface area contributed by atoms with E-state index >= 15 is 0 Å². The van der Waals surface area contributed by atoms with Crippen molar-refractivity contribution in [2.24, 2.45) is 0 Å². The van der Waals surface area contributed by atoms with Gasteiger partial charge < -0.3 is 20.3 Å². The van der Waals surface area contributed by atoms with Crippen LogP contribution in [-0.4, -0.2) is 45.4 Å². The molecule has 1 aromatic heterocycles. The van der Waals surface area contributed by atoms with Crippen molar-refractivity contribution in [3.05, 3.63) is 35.8 Å². The molecule has 3 rings (SSSR count). The van der Waals surface area contributed by atoms with Crippen LogP contribution in [-0.2, 0) is 20.9 Å². The standard InChI is InChI=1S/C20H24FN3O4/c1-24(12-15-11-13-10-14(21)2-3-16(13)22-15)18(26)5-8-20(9-6-19(27)28)7-4-17(25)23-20/h2-3,10-11,22H,4-9,12H2,1H3,(H,23,25)(H,27,28). The molecular weight excluding hydrogens is 365 g/mol. The van der Waals surface area contributed by atoms with Crippen LogP contribution in [0.25, 0.3) is 10.9 Å². The molecule has 0 spiro atoms. The van der Waals surface area contributed by atoms with Crippen molar-refractivity contribution in [2.45, 2.75) is 50.6 Å². The van der Waals surface area contributed by atoms with E-state index in [0.717, 1.165) is 16.6 Å². The molecule has 0 bridgehead atoms. The van der Waals surface area contributed by atoms with E-state index in [9.17, 15) is 18.8 Å². The maximum atomic E-state index is 13.3. The SMILES string of the molecule is CN(Cc1cc2cc(F)ccc2[nH]1)C(=O)CCC1(CCC(=O)O)CCC(=O)N1. The number of halogens is 1. The summed E-state index contributed by atoms with van der Waals surface area (Å²) >= 11 is 0. The topological polar surface area (TPSA) is 102 Å². The van der Waals surface area contributed by atoms with Crippen LogP contribution in [0.15, 0.2) is 24.3 Å². The molecule has 0 radical (unpaired) electrons. The van der Waals surface area contributed by atoms with Gasteiger partial charge in [-0.1, -0.05) is 0 Å². The predicted octanol–water partition coefficient (Wildman–Crippen LogP) is 2.56. The summed E-state index contributed by atoms with van der Waals surface area (Å²) in [5, 5.41) is 12.6. The summed E-state index contributed by atoms with van der Waals surface area (Å²) in [6.45, 7) is 0.351. The second-order valence-corrected chi connectivity index (χ2v) is 7.50. The number of aromatic nitrogens is 1. The lowest BCUT2D eigenvalue weighted by Crippen LogP contribution is -2.43. The van der Waals surface area contributed by atoms with Gasteiger partial charge >= 0.3 is 5.97 Å². The predicted molar refractivity (Wildman–Crippen MR) is 101 cm³/mol. The molecule has 1 aliphatic rings. The van der Waals surface area contributed by atoms with E-state index in [0.29, 0.717) is 32.2 Å². The van der Waals surface area contributed by atoms with Crippen molar-refractivity contribution in [1.29, 1.82) is 0 Å². The molecular formula is C20H24FN3O4. The zero-order valence-electron chi connectivity index (χ0n) is 15.8. The van der Waals surface area contributed by atoms with Crippen LogP contribution < -0.4 is 5.32 Å². The molecule has 2 aromatic rings. The Balaban J connectivity index is 1.59.